The van der Waals surface area contributed by atoms with Gasteiger partial charge in [0.1, 0.15) is 0 Å². The van der Waals surface area contributed by atoms with Crippen molar-refractivity contribution in [2.24, 2.45) is 5.92 Å². The highest BCUT2D eigenvalue weighted by atomic mass is 15.1. The molecule has 2 rings (SSSR count). The van der Waals surface area contributed by atoms with Crippen LogP contribution < -0.4 is 5.32 Å². The third kappa shape index (κ3) is 3.48. The molecule has 20 heavy (non-hydrogen) atoms. The molecule has 0 fully saturated rings. The van der Waals surface area contributed by atoms with E-state index in [1.54, 1.807) is 0 Å². The molecular formula is C17H25N3. The van der Waals surface area contributed by atoms with Crippen LogP contribution >= 0.6 is 0 Å². The number of hydrogen-bond acceptors (Lipinski definition) is 2. The fraction of sp³-hybridized carbons (Fsp3) is 0.471. The zero-order valence-corrected chi connectivity index (χ0v) is 12.7. The Bertz CT molecular complexity index is 500. The van der Waals surface area contributed by atoms with Gasteiger partial charge < -0.3 is 5.32 Å². The first-order chi connectivity index (χ1) is 9.76. The molecule has 1 aromatic heterocycles. The van der Waals surface area contributed by atoms with E-state index in [1.807, 2.05) is 12.3 Å². The Hall–Kier alpha value is -1.61. The lowest BCUT2D eigenvalue weighted by Gasteiger charge is -2.22. The predicted molar refractivity (Wildman–Crippen MR) is 84.4 cm³/mol. The molecule has 1 aromatic carbocycles. The molecule has 1 unspecified atom stereocenters. The minimum absolute atomic E-state index is 0.531. The average Bonchev–Trinajstić information content (AvgIpc) is 2.95. The van der Waals surface area contributed by atoms with Crippen molar-refractivity contribution in [1.82, 2.24) is 15.5 Å². The van der Waals surface area contributed by atoms with Gasteiger partial charge in [0.15, 0.2) is 0 Å². The zero-order valence-electron chi connectivity index (χ0n) is 12.7. The summed E-state index contributed by atoms with van der Waals surface area (Å²) in [5.41, 5.74) is 3.54. The monoisotopic (exact) mass is 271 g/mol. The Morgan fingerprint density at radius 2 is 1.85 bits per heavy atom. The van der Waals surface area contributed by atoms with Crippen LogP contribution in [0.5, 0.6) is 0 Å². The Balaban J connectivity index is 2.03. The summed E-state index contributed by atoms with van der Waals surface area (Å²) in [7, 11) is 0. The predicted octanol–water partition coefficient (Wildman–Crippen LogP) is 3.99. The van der Waals surface area contributed by atoms with Crippen molar-refractivity contribution in [1.29, 1.82) is 0 Å². The molecule has 108 valence electrons. The fourth-order valence-corrected chi connectivity index (χ4v) is 2.73. The number of nitrogens with zero attached hydrogens (tertiary/aromatic N) is 1. The van der Waals surface area contributed by atoms with Crippen molar-refractivity contribution in [2.75, 3.05) is 0 Å². The van der Waals surface area contributed by atoms with E-state index in [2.05, 4.69) is 60.6 Å². The number of H-pyrrole nitrogens is 1. The van der Waals surface area contributed by atoms with E-state index < -0.39 is 0 Å². The smallest absolute Gasteiger partial charge is 0.0695 e. The van der Waals surface area contributed by atoms with Crippen LogP contribution in [0.1, 0.15) is 39.2 Å². The van der Waals surface area contributed by atoms with Crippen LogP contribution in [0.3, 0.4) is 0 Å². The van der Waals surface area contributed by atoms with Gasteiger partial charge in [-0.15, -0.1) is 0 Å². The third-order valence-electron chi connectivity index (χ3n) is 4.15. The lowest BCUT2D eigenvalue weighted by Crippen LogP contribution is -2.32. The highest BCUT2D eigenvalue weighted by Crippen LogP contribution is 2.21. The molecule has 0 saturated carbocycles. The van der Waals surface area contributed by atoms with E-state index >= 15 is 0 Å². The Kier molecular flexibility index (Phi) is 5.36. The van der Waals surface area contributed by atoms with E-state index in [9.17, 15) is 0 Å². The van der Waals surface area contributed by atoms with E-state index in [0.717, 1.165) is 18.2 Å². The number of hydrogen-bond donors (Lipinski definition) is 2. The molecule has 1 atom stereocenters. The van der Waals surface area contributed by atoms with E-state index in [1.165, 1.54) is 24.0 Å². The molecule has 0 aliphatic rings. The normalized spacial score (nSPS) is 12.8. The van der Waals surface area contributed by atoms with Crippen LogP contribution in [-0.2, 0) is 6.54 Å². The SMILES string of the molecule is CCC(CC)C(C)NCc1cn[nH]c1-c1ccccc1. The van der Waals surface area contributed by atoms with Crippen molar-refractivity contribution < 1.29 is 0 Å². The summed E-state index contributed by atoms with van der Waals surface area (Å²) in [6, 6.07) is 10.9. The van der Waals surface area contributed by atoms with Gasteiger partial charge in [0.05, 0.1) is 11.9 Å². The van der Waals surface area contributed by atoms with E-state index in [-0.39, 0.29) is 0 Å². The lowest BCUT2D eigenvalue weighted by molar-refractivity contribution is 0.353. The Labute approximate surface area is 121 Å². The molecule has 0 bridgehead atoms. The lowest BCUT2D eigenvalue weighted by atomic mass is 9.95. The number of aromatic nitrogens is 2. The molecule has 0 spiro atoms. The van der Waals surface area contributed by atoms with Gasteiger partial charge >= 0.3 is 0 Å². The minimum Gasteiger partial charge on any atom is -0.310 e. The standard InChI is InChI=1S/C17H25N3/c1-4-14(5-2)13(3)18-11-16-12-19-20-17(16)15-9-7-6-8-10-15/h6-10,12-14,18H,4-5,11H2,1-3H3,(H,19,20). The van der Waals surface area contributed by atoms with Crippen LogP contribution in [0.15, 0.2) is 36.5 Å². The fourth-order valence-electron chi connectivity index (χ4n) is 2.73. The van der Waals surface area contributed by atoms with Crippen LogP contribution in [0.4, 0.5) is 0 Å². The molecule has 0 saturated heterocycles. The summed E-state index contributed by atoms with van der Waals surface area (Å²) in [5.74, 6) is 0.738. The van der Waals surface area contributed by atoms with Gasteiger partial charge in [-0.2, -0.15) is 5.10 Å². The number of rotatable bonds is 7. The quantitative estimate of drug-likeness (QED) is 0.799. The topological polar surface area (TPSA) is 40.7 Å². The van der Waals surface area contributed by atoms with Gasteiger partial charge in [-0.1, -0.05) is 57.0 Å². The number of benzene rings is 1. The molecule has 2 N–H and O–H groups in total. The summed E-state index contributed by atoms with van der Waals surface area (Å²) in [4.78, 5) is 0. The van der Waals surface area contributed by atoms with Gasteiger partial charge in [-0.25, -0.2) is 0 Å². The van der Waals surface area contributed by atoms with Gasteiger partial charge in [-0.3, -0.25) is 5.10 Å². The summed E-state index contributed by atoms with van der Waals surface area (Å²) >= 11 is 0. The molecule has 0 aliphatic carbocycles. The van der Waals surface area contributed by atoms with Crippen molar-refractivity contribution in [3.8, 4) is 11.3 Å². The Morgan fingerprint density at radius 1 is 1.15 bits per heavy atom. The maximum Gasteiger partial charge on any atom is 0.0695 e. The van der Waals surface area contributed by atoms with Gasteiger partial charge in [0.2, 0.25) is 0 Å². The highest BCUT2D eigenvalue weighted by molar-refractivity contribution is 5.62. The summed E-state index contributed by atoms with van der Waals surface area (Å²) in [6.45, 7) is 7.66. The van der Waals surface area contributed by atoms with Crippen LogP contribution in [-0.4, -0.2) is 16.2 Å². The number of nitrogens with one attached hydrogen (secondary N) is 2. The third-order valence-corrected chi connectivity index (χ3v) is 4.15. The maximum absolute atomic E-state index is 4.20. The van der Waals surface area contributed by atoms with Gasteiger partial charge in [0, 0.05) is 18.2 Å². The van der Waals surface area contributed by atoms with Crippen molar-refractivity contribution in [3.63, 3.8) is 0 Å². The summed E-state index contributed by atoms with van der Waals surface area (Å²) < 4.78 is 0. The zero-order chi connectivity index (χ0) is 14.4. The summed E-state index contributed by atoms with van der Waals surface area (Å²) in [6.07, 6.45) is 4.37. The first kappa shape index (κ1) is 14.8. The summed E-state index contributed by atoms with van der Waals surface area (Å²) in [5, 5.41) is 10.9. The minimum atomic E-state index is 0.531. The molecule has 0 radical (unpaired) electrons. The largest absolute Gasteiger partial charge is 0.310 e. The molecule has 3 heteroatoms. The van der Waals surface area contributed by atoms with Crippen molar-refractivity contribution in [3.05, 3.63) is 42.1 Å². The van der Waals surface area contributed by atoms with E-state index in [0.29, 0.717) is 6.04 Å². The van der Waals surface area contributed by atoms with Crippen LogP contribution in [0.2, 0.25) is 0 Å². The second-order valence-corrected chi connectivity index (χ2v) is 5.38. The number of aromatic amines is 1. The first-order valence-electron chi connectivity index (χ1n) is 7.57. The van der Waals surface area contributed by atoms with Gasteiger partial charge in [-0.05, 0) is 18.4 Å². The Morgan fingerprint density at radius 3 is 2.50 bits per heavy atom. The van der Waals surface area contributed by atoms with Gasteiger partial charge in [0.25, 0.3) is 0 Å². The average molecular weight is 271 g/mol. The molecule has 0 aliphatic heterocycles. The molecule has 1 heterocycles. The highest BCUT2D eigenvalue weighted by Gasteiger charge is 2.14. The van der Waals surface area contributed by atoms with Crippen LogP contribution in [0, 0.1) is 5.92 Å². The second kappa shape index (κ2) is 7.25. The maximum atomic E-state index is 4.20. The molecule has 3 nitrogen and oxygen atoms in total. The second-order valence-electron chi connectivity index (χ2n) is 5.38. The van der Waals surface area contributed by atoms with Crippen molar-refractivity contribution >= 4 is 0 Å². The molecular weight excluding hydrogens is 246 g/mol. The van der Waals surface area contributed by atoms with Crippen LogP contribution in [0.25, 0.3) is 11.3 Å². The molecule has 0 amide bonds. The van der Waals surface area contributed by atoms with Crippen molar-refractivity contribution in [2.45, 2.75) is 46.2 Å². The first-order valence-corrected chi connectivity index (χ1v) is 7.57. The van der Waals surface area contributed by atoms with E-state index in [4.69, 9.17) is 0 Å². The molecule has 2 aromatic rings.